The van der Waals surface area contributed by atoms with Crippen LogP contribution in [0.5, 0.6) is 0 Å². The van der Waals surface area contributed by atoms with Crippen molar-refractivity contribution in [3.8, 4) is 0 Å². The maximum Gasteiger partial charge on any atom is 0.256 e. The fourth-order valence-corrected chi connectivity index (χ4v) is 4.06. The molecule has 0 spiro atoms. The van der Waals surface area contributed by atoms with Gasteiger partial charge in [-0.05, 0) is 25.0 Å². The third kappa shape index (κ3) is 2.82. The number of pyridine rings is 1. The van der Waals surface area contributed by atoms with Gasteiger partial charge in [0.25, 0.3) is 5.91 Å². The van der Waals surface area contributed by atoms with E-state index in [0.29, 0.717) is 10.4 Å². The summed E-state index contributed by atoms with van der Waals surface area (Å²) in [5, 5.41) is 1.01. The van der Waals surface area contributed by atoms with Gasteiger partial charge in [-0.3, -0.25) is 9.78 Å². The van der Waals surface area contributed by atoms with E-state index in [0.717, 1.165) is 23.7 Å². The van der Waals surface area contributed by atoms with E-state index in [9.17, 15) is 4.79 Å². The number of amides is 1. The smallest absolute Gasteiger partial charge is 0.256 e. The van der Waals surface area contributed by atoms with Crippen LogP contribution in [0.3, 0.4) is 0 Å². The number of benzene rings is 1. The molecule has 1 amide bonds. The minimum atomic E-state index is 0.0654. The van der Waals surface area contributed by atoms with Crippen LogP contribution in [0.15, 0.2) is 36.5 Å². The lowest BCUT2D eigenvalue weighted by Crippen LogP contribution is -2.44. The van der Waals surface area contributed by atoms with Crippen LogP contribution in [0.2, 0.25) is 0 Å². The fourth-order valence-electron chi connectivity index (χ4n) is 3.12. The molecule has 4 heteroatoms. The van der Waals surface area contributed by atoms with Gasteiger partial charge >= 0.3 is 0 Å². The summed E-state index contributed by atoms with van der Waals surface area (Å²) in [5.41, 5.74) is 1.49. The fraction of sp³-hybridized carbons (Fsp3) is 0.412. The maximum absolute atomic E-state index is 12.9. The predicted molar refractivity (Wildman–Crippen MR) is 88.8 cm³/mol. The molecular weight excluding hydrogens is 328 g/mol. The minimum absolute atomic E-state index is 0.0654. The number of nitrogens with zero attached hydrogens (tertiary/aromatic N) is 2. The van der Waals surface area contributed by atoms with Gasteiger partial charge in [-0.15, -0.1) is 0 Å². The van der Waals surface area contributed by atoms with Gasteiger partial charge in [-0.2, -0.15) is 0 Å². The van der Waals surface area contributed by atoms with E-state index in [4.69, 9.17) is 0 Å². The second-order valence-electron chi connectivity index (χ2n) is 5.66. The molecule has 3 rings (SSSR count). The Morgan fingerprint density at radius 1 is 1.24 bits per heavy atom. The van der Waals surface area contributed by atoms with Crippen molar-refractivity contribution in [2.24, 2.45) is 0 Å². The van der Waals surface area contributed by atoms with E-state index in [2.05, 4.69) is 20.9 Å². The number of carbonyl (C=O) groups excluding carboxylic acids is 1. The lowest BCUT2D eigenvalue weighted by molar-refractivity contribution is 0.0706. The number of aromatic nitrogens is 1. The second kappa shape index (κ2) is 6.14. The zero-order valence-electron chi connectivity index (χ0n) is 12.1. The van der Waals surface area contributed by atoms with Crippen LogP contribution in [0, 0.1) is 0 Å². The number of para-hydroxylation sites is 1. The predicted octanol–water partition coefficient (Wildman–Crippen LogP) is 4.01. The SMILES string of the molecule is CN(C(=O)c1cccc2cccnc12)C1CCCCC1Br. The van der Waals surface area contributed by atoms with Gasteiger partial charge in [0.05, 0.1) is 11.1 Å². The van der Waals surface area contributed by atoms with Gasteiger partial charge in [-0.25, -0.2) is 0 Å². The van der Waals surface area contributed by atoms with Crippen LogP contribution in [0.1, 0.15) is 36.0 Å². The summed E-state index contributed by atoms with van der Waals surface area (Å²) in [4.78, 5) is 19.5. The molecule has 1 aliphatic carbocycles. The van der Waals surface area contributed by atoms with Gasteiger partial charge in [0.15, 0.2) is 0 Å². The summed E-state index contributed by atoms with van der Waals surface area (Å²) in [6.45, 7) is 0. The Kier molecular flexibility index (Phi) is 4.24. The van der Waals surface area contributed by atoms with Crippen molar-refractivity contribution in [1.82, 2.24) is 9.88 Å². The van der Waals surface area contributed by atoms with E-state index in [-0.39, 0.29) is 11.9 Å². The van der Waals surface area contributed by atoms with Crippen LogP contribution < -0.4 is 0 Å². The summed E-state index contributed by atoms with van der Waals surface area (Å²) < 4.78 is 0. The van der Waals surface area contributed by atoms with Crippen LogP contribution in [0.4, 0.5) is 0 Å². The van der Waals surface area contributed by atoms with E-state index < -0.39 is 0 Å². The highest BCUT2D eigenvalue weighted by molar-refractivity contribution is 9.09. The quantitative estimate of drug-likeness (QED) is 0.769. The van der Waals surface area contributed by atoms with Crippen molar-refractivity contribution < 1.29 is 4.79 Å². The molecule has 1 saturated carbocycles. The van der Waals surface area contributed by atoms with Crippen molar-refractivity contribution in [2.75, 3.05) is 7.05 Å². The summed E-state index contributed by atoms with van der Waals surface area (Å²) in [6.07, 6.45) is 6.38. The highest BCUT2D eigenvalue weighted by Crippen LogP contribution is 2.29. The van der Waals surface area contributed by atoms with Crippen molar-refractivity contribution >= 4 is 32.7 Å². The van der Waals surface area contributed by atoms with Crippen LogP contribution in [-0.2, 0) is 0 Å². The first-order valence-electron chi connectivity index (χ1n) is 7.43. The van der Waals surface area contributed by atoms with Crippen LogP contribution in [-0.4, -0.2) is 33.7 Å². The zero-order chi connectivity index (χ0) is 14.8. The monoisotopic (exact) mass is 346 g/mol. The van der Waals surface area contributed by atoms with Gasteiger partial charge < -0.3 is 4.90 Å². The Morgan fingerprint density at radius 2 is 2.00 bits per heavy atom. The summed E-state index contributed by atoms with van der Waals surface area (Å²) >= 11 is 3.74. The lowest BCUT2D eigenvalue weighted by atomic mass is 9.94. The number of alkyl halides is 1. The van der Waals surface area contributed by atoms with Gasteiger partial charge in [0, 0.05) is 29.5 Å². The number of fused-ring (bicyclic) bond motifs is 1. The normalized spacial score (nSPS) is 22.2. The van der Waals surface area contributed by atoms with Crippen molar-refractivity contribution in [3.05, 3.63) is 42.1 Å². The first kappa shape index (κ1) is 14.5. The molecule has 2 unspecified atom stereocenters. The molecule has 0 bridgehead atoms. The van der Waals surface area contributed by atoms with Crippen molar-refractivity contribution in [3.63, 3.8) is 0 Å². The third-order valence-corrected chi connectivity index (χ3v) is 5.40. The number of halogens is 1. The third-order valence-electron chi connectivity index (χ3n) is 4.33. The number of rotatable bonds is 2. The molecule has 0 radical (unpaired) electrons. The van der Waals surface area contributed by atoms with E-state index >= 15 is 0 Å². The summed E-state index contributed by atoms with van der Waals surface area (Å²) in [5.74, 6) is 0.0654. The largest absolute Gasteiger partial charge is 0.338 e. The molecule has 0 N–H and O–H groups in total. The summed E-state index contributed by atoms with van der Waals surface area (Å²) in [7, 11) is 1.91. The molecule has 0 saturated heterocycles. The summed E-state index contributed by atoms with van der Waals surface area (Å²) in [6, 6.07) is 9.96. The first-order valence-corrected chi connectivity index (χ1v) is 8.35. The standard InChI is InChI=1S/C17H19BrN2O/c1-20(15-10-3-2-9-14(15)18)17(21)13-8-4-6-12-7-5-11-19-16(12)13/h4-8,11,14-15H,2-3,9-10H2,1H3. The molecule has 1 heterocycles. The van der Waals surface area contributed by atoms with Crippen LogP contribution >= 0.6 is 15.9 Å². The molecule has 2 aromatic rings. The van der Waals surface area contributed by atoms with Crippen molar-refractivity contribution in [1.29, 1.82) is 0 Å². The molecular formula is C17H19BrN2O. The Balaban J connectivity index is 1.93. The van der Waals surface area contributed by atoms with Gasteiger partial charge in [0.2, 0.25) is 0 Å². The molecule has 2 atom stereocenters. The number of hydrogen-bond acceptors (Lipinski definition) is 2. The zero-order valence-corrected chi connectivity index (χ0v) is 13.7. The minimum Gasteiger partial charge on any atom is -0.338 e. The van der Waals surface area contributed by atoms with Gasteiger partial charge in [0.1, 0.15) is 0 Å². The molecule has 3 nitrogen and oxygen atoms in total. The van der Waals surface area contributed by atoms with E-state index in [1.165, 1.54) is 12.8 Å². The lowest BCUT2D eigenvalue weighted by Gasteiger charge is -2.35. The topological polar surface area (TPSA) is 33.2 Å². The molecule has 1 fully saturated rings. The molecule has 110 valence electrons. The average molecular weight is 347 g/mol. The number of hydrogen-bond donors (Lipinski definition) is 0. The Bertz CT molecular complexity index is 653. The van der Waals surface area contributed by atoms with E-state index in [1.54, 1.807) is 6.20 Å². The molecule has 1 aliphatic rings. The highest BCUT2D eigenvalue weighted by atomic mass is 79.9. The molecule has 1 aromatic carbocycles. The molecule has 0 aliphatic heterocycles. The van der Waals surface area contributed by atoms with Gasteiger partial charge in [-0.1, -0.05) is 47.0 Å². The average Bonchev–Trinajstić information content (AvgIpc) is 2.53. The highest BCUT2D eigenvalue weighted by Gasteiger charge is 2.30. The molecule has 1 aromatic heterocycles. The van der Waals surface area contributed by atoms with Crippen molar-refractivity contribution in [2.45, 2.75) is 36.6 Å². The Labute approximate surface area is 133 Å². The van der Waals surface area contributed by atoms with Crippen LogP contribution in [0.25, 0.3) is 10.9 Å². The Morgan fingerprint density at radius 3 is 2.81 bits per heavy atom. The van der Waals surface area contributed by atoms with E-state index in [1.807, 2.05) is 42.3 Å². The number of carbonyl (C=O) groups is 1. The second-order valence-corrected chi connectivity index (χ2v) is 6.84. The molecule has 21 heavy (non-hydrogen) atoms. The Hall–Kier alpha value is -1.42. The maximum atomic E-state index is 12.9. The first-order chi connectivity index (χ1) is 10.2.